The van der Waals surface area contributed by atoms with E-state index in [0.29, 0.717) is 77.0 Å². The van der Waals surface area contributed by atoms with Gasteiger partial charge in [-0.05, 0) is 166 Å². The molecule has 28 nitrogen and oxygen atoms in total. The molecule has 1 N–H and O–H groups in total. The van der Waals surface area contributed by atoms with E-state index in [1.54, 1.807) is 9.80 Å². The third-order valence-electron chi connectivity index (χ3n) is 24.3. The second kappa shape index (κ2) is 34.3. The van der Waals surface area contributed by atoms with Crippen LogP contribution in [0.15, 0.2) is 0 Å². The van der Waals surface area contributed by atoms with E-state index in [1.807, 2.05) is 196 Å². The Kier molecular flexibility index (Phi) is 28.9. The maximum Gasteiger partial charge on any atom is 0.362 e. The first kappa shape index (κ1) is 94.3. The number of rotatable bonds is 27. The van der Waals surface area contributed by atoms with Gasteiger partial charge in [0.2, 0.25) is 35.4 Å². The maximum absolute atomic E-state index is 15.4. The van der Waals surface area contributed by atoms with E-state index in [4.69, 9.17) is 28.4 Å². The van der Waals surface area contributed by atoms with Crippen LogP contribution in [0.5, 0.6) is 0 Å². The summed E-state index contributed by atoms with van der Waals surface area (Å²) in [5.41, 5.74) is -8.56. The number of nitrogens with one attached hydrogen (secondary N) is 1. The minimum atomic E-state index is -0.751. The molecule has 0 aromatic rings. The molecule has 6 amide bonds. The molecule has 0 spiro atoms. The standard InChI is InChI=1S/C84H145N10O18/c1-55(95)88-73(7,8)37-61(38-74(88,9)10)107-67(101)49-85-31-35-94(53-71(105)111-65-45-81(23,24)92(59(5)99)82(25,26)46-65,54-72(106)112-66-47-83(27,28)93(60(6)100)84(29,30)48-66)36-34-86(50-68(102)108-62-39-75(11,12)89(56(2)96)76(13,14)40-62)32-33-87(51-69(103)109-63-41-77(15,16)90(57(3)97)78(17,18)42-63)52-70(104)110-64-43-79(19,20)91(58(4)98)80(21,22)44-64/h61-66,85H,31-54H2,1-30H3/q+1. The van der Waals surface area contributed by atoms with Crippen molar-refractivity contribution in [3.8, 4) is 0 Å². The molecule has 112 heavy (non-hydrogen) atoms. The van der Waals surface area contributed by atoms with E-state index < -0.39 is 165 Å². The zero-order chi connectivity index (χ0) is 85.4. The first-order valence-corrected chi connectivity index (χ1v) is 40.7. The molecule has 0 aliphatic carbocycles. The molecule has 6 fully saturated rings. The first-order valence-electron chi connectivity index (χ1n) is 40.7. The molecule has 28 heteroatoms. The highest BCUT2D eigenvalue weighted by Crippen LogP contribution is 2.46. The average molecular weight is 1580 g/mol. The summed E-state index contributed by atoms with van der Waals surface area (Å²) in [6, 6.07) is 0. The number of carbonyl (C=O) groups is 12. The molecule has 6 rings (SSSR count). The van der Waals surface area contributed by atoms with E-state index in [1.165, 1.54) is 41.5 Å². The minimum Gasteiger partial charge on any atom is -0.461 e. The quantitative estimate of drug-likeness (QED) is 0.0348. The second-order valence-electron chi connectivity index (χ2n) is 41.3. The fourth-order valence-corrected chi connectivity index (χ4v) is 23.3. The number of hydrogen-bond acceptors (Lipinski definition) is 21. The summed E-state index contributed by atoms with van der Waals surface area (Å²) in [6.45, 7) is 52.9. The monoisotopic (exact) mass is 1580 g/mol. The van der Waals surface area contributed by atoms with Crippen molar-refractivity contribution in [2.24, 2.45) is 0 Å². The van der Waals surface area contributed by atoms with E-state index in [0.717, 1.165) is 0 Å². The summed E-state index contributed by atoms with van der Waals surface area (Å²) >= 11 is 0. The van der Waals surface area contributed by atoms with Crippen LogP contribution in [0.1, 0.15) is 285 Å². The van der Waals surface area contributed by atoms with Crippen molar-refractivity contribution in [2.45, 2.75) is 388 Å². The molecule has 6 heterocycles. The highest BCUT2D eigenvalue weighted by Gasteiger charge is 2.55. The van der Waals surface area contributed by atoms with Crippen LogP contribution >= 0.6 is 0 Å². The molecule has 6 saturated heterocycles. The van der Waals surface area contributed by atoms with Crippen LogP contribution < -0.4 is 5.32 Å². The molecular weight excluding hydrogens is 1440 g/mol. The van der Waals surface area contributed by atoms with Gasteiger partial charge in [-0.25, -0.2) is 9.59 Å². The summed E-state index contributed by atoms with van der Waals surface area (Å²) in [5, 5.41) is 3.26. The zero-order valence-electron chi connectivity index (χ0n) is 74.3. The molecule has 0 aromatic heterocycles. The van der Waals surface area contributed by atoms with Crippen molar-refractivity contribution < 1.29 is 90.4 Å². The van der Waals surface area contributed by atoms with E-state index >= 15 is 14.4 Å². The number of hydrogen-bond donors (Lipinski definition) is 1. The van der Waals surface area contributed by atoms with Crippen molar-refractivity contribution in [3.05, 3.63) is 0 Å². The fourth-order valence-electron chi connectivity index (χ4n) is 23.3. The van der Waals surface area contributed by atoms with E-state index in [9.17, 15) is 43.2 Å². The molecule has 6 aliphatic heterocycles. The Morgan fingerprint density at radius 1 is 0.277 bits per heavy atom. The number of amides is 6. The zero-order valence-corrected chi connectivity index (χ0v) is 74.3. The summed E-state index contributed by atoms with van der Waals surface area (Å²) < 4.78 is 38.1. The Morgan fingerprint density at radius 2 is 0.464 bits per heavy atom. The number of piperidine rings is 6. The molecule has 0 unspecified atom stereocenters. The summed E-state index contributed by atoms with van der Waals surface area (Å²) in [6.07, 6.45) is 0.0877. The molecule has 0 saturated carbocycles. The Bertz CT molecular complexity index is 3250. The van der Waals surface area contributed by atoms with Gasteiger partial charge < -0.3 is 67.6 Å². The molecular formula is C84H145N10O18+. The lowest BCUT2D eigenvalue weighted by Gasteiger charge is -2.54. The topological polar surface area (TPSA) is 298 Å². The third-order valence-corrected chi connectivity index (χ3v) is 24.3. The normalized spacial score (nSPS) is 23.4. The summed E-state index contributed by atoms with van der Waals surface area (Å²) in [5.74, 6) is -4.58. The molecule has 0 aromatic carbocycles. The van der Waals surface area contributed by atoms with Gasteiger partial charge in [-0.15, -0.1) is 0 Å². The Labute approximate surface area is 669 Å². The lowest BCUT2D eigenvalue weighted by atomic mass is 9.78. The summed E-state index contributed by atoms with van der Waals surface area (Å²) in [4.78, 5) is 183. The van der Waals surface area contributed by atoms with Crippen LogP contribution in [0, 0.1) is 0 Å². The number of ether oxygens (including phenoxy) is 6. The van der Waals surface area contributed by atoms with Crippen molar-refractivity contribution in [1.29, 1.82) is 0 Å². The van der Waals surface area contributed by atoms with Crippen LogP contribution in [0.3, 0.4) is 0 Å². The largest absolute Gasteiger partial charge is 0.461 e. The van der Waals surface area contributed by atoms with Crippen molar-refractivity contribution in [1.82, 2.24) is 44.5 Å². The highest BCUT2D eigenvalue weighted by atomic mass is 16.6. The molecule has 0 bridgehead atoms. The predicted octanol–water partition coefficient (Wildman–Crippen LogP) is 8.66. The number of likely N-dealkylation sites (tertiary alicyclic amines) is 6. The lowest BCUT2D eigenvalue weighted by molar-refractivity contribution is -0.913. The molecule has 0 atom stereocenters. The van der Waals surface area contributed by atoms with Crippen LogP contribution in [0.25, 0.3) is 0 Å². The molecule has 0 radical (unpaired) electrons. The van der Waals surface area contributed by atoms with Gasteiger partial charge in [-0.2, -0.15) is 0 Å². The number of esters is 6. The summed E-state index contributed by atoms with van der Waals surface area (Å²) in [7, 11) is 0. The van der Waals surface area contributed by atoms with Gasteiger partial charge in [0.1, 0.15) is 36.6 Å². The fraction of sp³-hybridized carbons (Fsp3) is 0.857. The average Bonchev–Trinajstić information content (AvgIpc) is 0.796. The van der Waals surface area contributed by atoms with Crippen LogP contribution in [0.2, 0.25) is 0 Å². The van der Waals surface area contributed by atoms with Gasteiger partial charge in [0.05, 0.1) is 39.3 Å². The van der Waals surface area contributed by atoms with Gasteiger partial charge in [-0.1, -0.05) is 0 Å². The van der Waals surface area contributed by atoms with Gasteiger partial charge in [0, 0.05) is 211 Å². The number of carbonyl (C=O) groups excluding carboxylic acids is 12. The number of quaternary nitrogens is 1. The Balaban J connectivity index is 1.45. The van der Waals surface area contributed by atoms with E-state index in [2.05, 4.69) is 5.32 Å². The SMILES string of the molecule is CC(=O)N1C(C)(C)CC(OC(=O)CNCC[N+](CCN(CCN(CC(=O)OC2CC(C)(C)N(C(C)=O)C(C)(C)C2)CC(=O)OC2CC(C)(C)N(C(C)=O)C(C)(C)C2)CC(=O)OC2CC(C)(C)N(C(C)=O)C(C)(C)C2)(CC(=O)OC2CC(C)(C)N(C(C)=O)C(C)(C)C2)CC(=O)OC2CC(C)(C)N(C(C)=O)C(C)(C)C2)CC1(C)C. The third kappa shape index (κ3) is 23.6. The highest BCUT2D eigenvalue weighted by molar-refractivity contribution is 5.80. The lowest BCUT2D eigenvalue weighted by Crippen LogP contribution is -2.65. The van der Waals surface area contributed by atoms with Gasteiger partial charge in [0.25, 0.3) is 0 Å². The number of nitrogens with zero attached hydrogens (tertiary/aromatic N) is 9. The van der Waals surface area contributed by atoms with Gasteiger partial charge in [0.15, 0.2) is 13.1 Å². The minimum absolute atomic E-state index is 0.0123. The Morgan fingerprint density at radius 3 is 0.679 bits per heavy atom. The van der Waals surface area contributed by atoms with Gasteiger partial charge in [-0.3, -0.25) is 57.7 Å². The van der Waals surface area contributed by atoms with Crippen molar-refractivity contribution in [2.75, 3.05) is 78.5 Å². The maximum atomic E-state index is 15.4. The van der Waals surface area contributed by atoms with Crippen LogP contribution in [0.4, 0.5) is 0 Å². The second-order valence-corrected chi connectivity index (χ2v) is 41.3. The van der Waals surface area contributed by atoms with Crippen molar-refractivity contribution >= 4 is 71.3 Å². The molecule has 6 aliphatic rings. The van der Waals surface area contributed by atoms with Crippen LogP contribution in [-0.2, 0) is 86.0 Å². The predicted molar refractivity (Wildman–Crippen MR) is 424 cm³/mol. The first-order chi connectivity index (χ1) is 50.7. The van der Waals surface area contributed by atoms with Crippen molar-refractivity contribution in [3.63, 3.8) is 0 Å². The smallest absolute Gasteiger partial charge is 0.362 e. The van der Waals surface area contributed by atoms with Crippen LogP contribution in [-0.4, -0.2) is 297 Å². The Hall–Kier alpha value is -6.52. The van der Waals surface area contributed by atoms with Gasteiger partial charge >= 0.3 is 35.8 Å². The van der Waals surface area contributed by atoms with E-state index in [-0.39, 0.29) is 92.3 Å². The molecule has 638 valence electrons.